The van der Waals surface area contributed by atoms with Crippen LogP contribution in [0.5, 0.6) is 0 Å². The molecule has 0 spiro atoms. The molecule has 3 heterocycles. The van der Waals surface area contributed by atoms with Gasteiger partial charge in [-0.25, -0.2) is 4.79 Å². The Morgan fingerprint density at radius 1 is 1.22 bits per heavy atom. The second-order valence-electron chi connectivity index (χ2n) is 10.1. The summed E-state index contributed by atoms with van der Waals surface area (Å²) >= 11 is 0. The number of unbranched alkanes of at least 4 members (excludes halogenated alkanes) is 3. The molecular weight excluding hydrogens is 414 g/mol. The van der Waals surface area contributed by atoms with E-state index in [-0.39, 0.29) is 23.8 Å². The summed E-state index contributed by atoms with van der Waals surface area (Å²) in [7, 11) is 3.71. The van der Waals surface area contributed by atoms with E-state index in [1.54, 1.807) is 6.08 Å². The molecule has 8 nitrogen and oxygen atoms in total. The van der Waals surface area contributed by atoms with Crippen LogP contribution in [0.4, 0.5) is 0 Å². The molecule has 178 valence electrons. The van der Waals surface area contributed by atoms with Crippen molar-refractivity contribution in [2.45, 2.75) is 95.4 Å². The van der Waals surface area contributed by atoms with Crippen LogP contribution < -0.4 is 0 Å². The van der Waals surface area contributed by atoms with Crippen LogP contribution in [0.2, 0.25) is 0 Å². The molecule has 8 unspecified atom stereocenters. The molecule has 0 aromatic heterocycles. The number of fused-ring (bicyclic) bond motifs is 4. The number of rotatable bonds is 7. The topological polar surface area (TPSA) is 94.7 Å². The summed E-state index contributed by atoms with van der Waals surface area (Å²) < 4.78 is 23.5. The second-order valence-corrected chi connectivity index (χ2v) is 10.1. The average molecular weight is 450 g/mol. The lowest BCUT2D eigenvalue weighted by Crippen LogP contribution is -2.49. The van der Waals surface area contributed by atoms with Crippen molar-refractivity contribution in [3.05, 3.63) is 11.6 Å². The zero-order valence-corrected chi connectivity index (χ0v) is 19.7. The molecule has 32 heavy (non-hydrogen) atoms. The van der Waals surface area contributed by atoms with Gasteiger partial charge in [-0.3, -0.25) is 14.5 Å². The van der Waals surface area contributed by atoms with Crippen molar-refractivity contribution in [3.63, 3.8) is 0 Å². The molecule has 1 aliphatic carbocycles. The second kappa shape index (κ2) is 8.78. The smallest absolute Gasteiger partial charge is 0.336 e. The lowest BCUT2D eigenvalue weighted by molar-refractivity contribution is -0.154. The Morgan fingerprint density at radius 3 is 2.66 bits per heavy atom. The monoisotopic (exact) mass is 449 g/mol. The number of carbonyl (C=O) groups is 3. The number of hydrogen-bond donors (Lipinski definition) is 0. The summed E-state index contributed by atoms with van der Waals surface area (Å²) in [6, 6.07) is -0.496. The van der Waals surface area contributed by atoms with Crippen molar-refractivity contribution in [2.75, 3.05) is 14.1 Å². The molecule has 0 N–H and O–H groups in total. The van der Waals surface area contributed by atoms with E-state index < -0.39 is 42.0 Å². The van der Waals surface area contributed by atoms with Crippen LogP contribution in [-0.4, -0.2) is 73.0 Å². The predicted molar refractivity (Wildman–Crippen MR) is 115 cm³/mol. The molecule has 2 saturated heterocycles. The van der Waals surface area contributed by atoms with E-state index in [9.17, 15) is 14.4 Å². The Morgan fingerprint density at radius 2 is 1.97 bits per heavy atom. The van der Waals surface area contributed by atoms with Crippen LogP contribution in [0.1, 0.15) is 59.3 Å². The van der Waals surface area contributed by atoms with Crippen molar-refractivity contribution < 1.29 is 33.3 Å². The zero-order chi connectivity index (χ0) is 23.2. The van der Waals surface area contributed by atoms with Gasteiger partial charge in [0.25, 0.3) is 0 Å². The third-order valence-corrected chi connectivity index (χ3v) is 7.38. The van der Waals surface area contributed by atoms with Crippen molar-refractivity contribution in [2.24, 2.45) is 11.8 Å². The normalized spacial score (nSPS) is 40.2. The molecule has 0 amide bonds. The summed E-state index contributed by atoms with van der Waals surface area (Å²) in [5.41, 5.74) is -0.149. The van der Waals surface area contributed by atoms with Crippen molar-refractivity contribution in [1.29, 1.82) is 0 Å². The van der Waals surface area contributed by atoms with Crippen LogP contribution >= 0.6 is 0 Å². The molecule has 3 aliphatic heterocycles. The molecule has 4 aliphatic rings. The van der Waals surface area contributed by atoms with E-state index in [0.29, 0.717) is 18.4 Å². The number of ether oxygens (including phenoxy) is 4. The number of esters is 3. The van der Waals surface area contributed by atoms with Gasteiger partial charge < -0.3 is 18.9 Å². The number of epoxide rings is 1. The van der Waals surface area contributed by atoms with Gasteiger partial charge in [-0.2, -0.15) is 0 Å². The average Bonchev–Trinajstić information content (AvgIpc) is 3.11. The summed E-state index contributed by atoms with van der Waals surface area (Å²) in [5.74, 6) is -1.63. The quantitative estimate of drug-likeness (QED) is 0.253. The third-order valence-electron chi connectivity index (χ3n) is 7.38. The highest BCUT2D eigenvalue weighted by Gasteiger charge is 2.65. The van der Waals surface area contributed by atoms with E-state index >= 15 is 0 Å². The molecular formula is C24H35NO7. The third kappa shape index (κ3) is 4.19. The van der Waals surface area contributed by atoms with Gasteiger partial charge in [-0.05, 0) is 33.5 Å². The summed E-state index contributed by atoms with van der Waals surface area (Å²) in [6.45, 7) is 5.90. The number of nitrogens with zero attached hydrogens (tertiary/aromatic N) is 1. The minimum absolute atomic E-state index is 0.258. The molecule has 2 fully saturated rings. The van der Waals surface area contributed by atoms with Gasteiger partial charge in [0, 0.05) is 18.8 Å². The van der Waals surface area contributed by atoms with Crippen LogP contribution in [0.3, 0.4) is 0 Å². The zero-order valence-electron chi connectivity index (χ0n) is 19.7. The molecule has 2 bridgehead atoms. The van der Waals surface area contributed by atoms with Gasteiger partial charge in [-0.15, -0.1) is 0 Å². The van der Waals surface area contributed by atoms with Gasteiger partial charge in [-0.1, -0.05) is 33.1 Å². The van der Waals surface area contributed by atoms with Crippen molar-refractivity contribution in [1.82, 2.24) is 4.90 Å². The minimum atomic E-state index is -0.655. The predicted octanol–water partition coefficient (Wildman–Crippen LogP) is 2.39. The lowest BCUT2D eigenvalue weighted by Gasteiger charge is -2.32. The highest BCUT2D eigenvalue weighted by atomic mass is 16.6. The lowest BCUT2D eigenvalue weighted by atomic mass is 9.79. The minimum Gasteiger partial charge on any atom is -0.462 e. The Kier molecular flexibility index (Phi) is 6.38. The first-order valence-corrected chi connectivity index (χ1v) is 11.8. The van der Waals surface area contributed by atoms with Gasteiger partial charge in [0.05, 0.1) is 23.1 Å². The maximum Gasteiger partial charge on any atom is 0.336 e. The maximum atomic E-state index is 12.9. The molecule has 0 radical (unpaired) electrons. The van der Waals surface area contributed by atoms with Crippen LogP contribution in [0, 0.1) is 11.8 Å². The molecule has 0 aromatic rings. The Balaban J connectivity index is 1.63. The highest BCUT2D eigenvalue weighted by molar-refractivity contribution is 5.93. The van der Waals surface area contributed by atoms with Crippen molar-refractivity contribution in [3.8, 4) is 0 Å². The van der Waals surface area contributed by atoms with E-state index in [1.165, 1.54) is 0 Å². The first-order valence-electron chi connectivity index (χ1n) is 11.8. The fourth-order valence-corrected chi connectivity index (χ4v) is 5.55. The standard InChI is InChI=1S/C24H35NO7/c1-6-7-8-9-10-17(26)31-20-19(25(4)5)14-11-15(29-23(14)28)18-13(2)22(27)30-16(18)12-24(3)21(20)32-24/h11,13,15-16,18-21H,6-10,12H2,1-5H3. The number of likely N-dealkylation sites (N-methyl/N-ethyl adjacent to an activating group) is 1. The van der Waals surface area contributed by atoms with E-state index in [4.69, 9.17) is 18.9 Å². The van der Waals surface area contributed by atoms with Crippen LogP contribution in [-0.2, 0) is 33.3 Å². The van der Waals surface area contributed by atoms with Gasteiger partial charge in [0.15, 0.2) is 6.10 Å². The SMILES string of the molecule is CCCCCCC(=O)OC1C(N(C)C)C2=CC(OC2=O)C2C(CC3(C)OC13)OC(=O)C2C. The Labute approximate surface area is 189 Å². The van der Waals surface area contributed by atoms with Crippen molar-refractivity contribution >= 4 is 17.9 Å². The summed E-state index contributed by atoms with van der Waals surface area (Å²) in [4.78, 5) is 39.9. The number of carbonyl (C=O) groups excluding carboxylic acids is 3. The van der Waals surface area contributed by atoms with Gasteiger partial charge >= 0.3 is 17.9 Å². The fourth-order valence-electron chi connectivity index (χ4n) is 5.55. The largest absolute Gasteiger partial charge is 0.462 e. The van der Waals surface area contributed by atoms with Crippen LogP contribution in [0.25, 0.3) is 0 Å². The highest BCUT2D eigenvalue weighted by Crippen LogP contribution is 2.51. The molecule has 0 aromatic carbocycles. The van der Waals surface area contributed by atoms with E-state index in [1.807, 2.05) is 32.8 Å². The van der Waals surface area contributed by atoms with E-state index in [2.05, 4.69) is 6.92 Å². The van der Waals surface area contributed by atoms with Gasteiger partial charge in [0.1, 0.15) is 18.3 Å². The first-order chi connectivity index (χ1) is 15.2. The Bertz CT molecular complexity index is 808. The molecule has 4 rings (SSSR count). The number of hydrogen-bond acceptors (Lipinski definition) is 8. The molecule has 8 atom stereocenters. The summed E-state index contributed by atoms with van der Waals surface area (Å²) in [5, 5.41) is 0. The molecule has 8 heteroatoms. The summed E-state index contributed by atoms with van der Waals surface area (Å²) in [6.07, 6.45) is 4.54. The molecule has 0 saturated carbocycles. The maximum absolute atomic E-state index is 12.9. The van der Waals surface area contributed by atoms with Crippen LogP contribution in [0.15, 0.2) is 11.6 Å². The van der Waals surface area contributed by atoms with E-state index in [0.717, 1.165) is 25.7 Å². The Hall–Kier alpha value is -1.93. The van der Waals surface area contributed by atoms with Gasteiger partial charge in [0.2, 0.25) is 0 Å². The first kappa shape index (κ1) is 23.2. The fraction of sp³-hybridized carbons (Fsp3) is 0.792.